The lowest BCUT2D eigenvalue weighted by Crippen LogP contribution is -2.40. The van der Waals surface area contributed by atoms with Gasteiger partial charge in [-0.25, -0.2) is 12.7 Å². The van der Waals surface area contributed by atoms with Gasteiger partial charge in [-0.05, 0) is 43.9 Å². The van der Waals surface area contributed by atoms with E-state index in [9.17, 15) is 8.42 Å². The molecule has 21 heavy (non-hydrogen) atoms. The second kappa shape index (κ2) is 6.23. The lowest BCUT2D eigenvalue weighted by Gasteiger charge is -2.38. The van der Waals surface area contributed by atoms with Gasteiger partial charge in [-0.2, -0.15) is 0 Å². The molecule has 0 amide bonds. The standard InChI is InChI=1S/C15H25N3O2S/c1-4-13-7-5-6-10-18(13)14-9-8-12(16)11-15(14)21(19,20)17(2)3/h8-9,11,13H,4-7,10,16H2,1-3H3. The molecule has 1 atom stereocenters. The third-order valence-corrected chi connectivity index (χ3v) is 5.99. The Bertz CT molecular complexity index is 599. The highest BCUT2D eigenvalue weighted by molar-refractivity contribution is 7.89. The molecule has 2 rings (SSSR count). The van der Waals surface area contributed by atoms with Gasteiger partial charge in [0.1, 0.15) is 4.90 Å². The predicted molar refractivity (Wildman–Crippen MR) is 87.0 cm³/mol. The van der Waals surface area contributed by atoms with Crippen LogP contribution in [0.4, 0.5) is 11.4 Å². The Morgan fingerprint density at radius 3 is 2.67 bits per heavy atom. The monoisotopic (exact) mass is 311 g/mol. The molecule has 0 saturated carbocycles. The third kappa shape index (κ3) is 3.16. The van der Waals surface area contributed by atoms with E-state index in [0.717, 1.165) is 31.5 Å². The Morgan fingerprint density at radius 1 is 1.33 bits per heavy atom. The number of nitrogens with two attached hydrogens (primary N) is 1. The first-order chi connectivity index (χ1) is 9.87. The maximum atomic E-state index is 12.6. The fourth-order valence-corrected chi connectivity index (χ4v) is 4.04. The molecule has 6 heteroatoms. The topological polar surface area (TPSA) is 66.6 Å². The van der Waals surface area contributed by atoms with Crippen LogP contribution in [0.1, 0.15) is 32.6 Å². The Morgan fingerprint density at radius 2 is 2.05 bits per heavy atom. The van der Waals surface area contributed by atoms with Crippen LogP contribution in [0.3, 0.4) is 0 Å². The fourth-order valence-electron chi connectivity index (χ4n) is 2.91. The van der Waals surface area contributed by atoms with Crippen LogP contribution in [0.25, 0.3) is 0 Å². The SMILES string of the molecule is CCC1CCCCN1c1ccc(N)cc1S(=O)(=O)N(C)C. The van der Waals surface area contributed by atoms with Crippen molar-refractivity contribution in [3.63, 3.8) is 0 Å². The van der Waals surface area contributed by atoms with E-state index in [4.69, 9.17) is 5.73 Å². The maximum absolute atomic E-state index is 12.6. The number of piperidine rings is 1. The summed E-state index contributed by atoms with van der Waals surface area (Å²) in [6.45, 7) is 3.05. The molecule has 0 radical (unpaired) electrons. The molecule has 0 aliphatic carbocycles. The molecule has 1 heterocycles. The third-order valence-electron chi connectivity index (χ3n) is 4.15. The van der Waals surface area contributed by atoms with Crippen molar-refractivity contribution in [3.8, 4) is 0 Å². The second-order valence-electron chi connectivity index (χ2n) is 5.77. The molecule has 1 aliphatic rings. The number of nitrogens with zero attached hydrogens (tertiary/aromatic N) is 2. The van der Waals surface area contributed by atoms with Crippen molar-refractivity contribution in [2.75, 3.05) is 31.3 Å². The van der Waals surface area contributed by atoms with Crippen LogP contribution in [-0.4, -0.2) is 39.4 Å². The van der Waals surface area contributed by atoms with E-state index >= 15 is 0 Å². The van der Waals surface area contributed by atoms with E-state index in [1.807, 2.05) is 6.07 Å². The van der Waals surface area contributed by atoms with Gasteiger partial charge < -0.3 is 10.6 Å². The van der Waals surface area contributed by atoms with Crippen LogP contribution in [0.2, 0.25) is 0 Å². The molecule has 118 valence electrons. The number of rotatable bonds is 4. The normalized spacial score (nSPS) is 20.0. The minimum atomic E-state index is -3.50. The van der Waals surface area contributed by atoms with Crippen molar-refractivity contribution >= 4 is 21.4 Å². The van der Waals surface area contributed by atoms with Gasteiger partial charge in [0, 0.05) is 32.4 Å². The van der Waals surface area contributed by atoms with Gasteiger partial charge >= 0.3 is 0 Å². The van der Waals surface area contributed by atoms with Gasteiger partial charge in [0.05, 0.1) is 5.69 Å². The van der Waals surface area contributed by atoms with Crippen LogP contribution in [-0.2, 0) is 10.0 Å². The molecule has 0 bridgehead atoms. The molecular formula is C15H25N3O2S. The first-order valence-electron chi connectivity index (χ1n) is 7.46. The fraction of sp³-hybridized carbons (Fsp3) is 0.600. The summed E-state index contributed by atoms with van der Waals surface area (Å²) >= 11 is 0. The van der Waals surface area contributed by atoms with Crippen molar-refractivity contribution in [1.82, 2.24) is 4.31 Å². The van der Waals surface area contributed by atoms with Crippen molar-refractivity contribution in [1.29, 1.82) is 0 Å². The summed E-state index contributed by atoms with van der Waals surface area (Å²) in [7, 11) is -0.397. The van der Waals surface area contributed by atoms with Crippen molar-refractivity contribution in [2.24, 2.45) is 0 Å². The molecule has 0 aromatic heterocycles. The summed E-state index contributed by atoms with van der Waals surface area (Å²) in [5.74, 6) is 0. The predicted octanol–water partition coefficient (Wildman–Crippen LogP) is 2.29. The Kier molecular flexibility index (Phi) is 4.78. The van der Waals surface area contributed by atoms with Crippen LogP contribution in [0.5, 0.6) is 0 Å². The van der Waals surface area contributed by atoms with Crippen molar-refractivity contribution in [2.45, 2.75) is 43.5 Å². The first-order valence-corrected chi connectivity index (χ1v) is 8.90. The number of hydrogen-bond donors (Lipinski definition) is 1. The summed E-state index contributed by atoms with van der Waals surface area (Å²) in [6.07, 6.45) is 4.44. The average Bonchev–Trinajstić information content (AvgIpc) is 2.47. The lowest BCUT2D eigenvalue weighted by atomic mass is 9.99. The lowest BCUT2D eigenvalue weighted by molar-refractivity contribution is 0.447. The Hall–Kier alpha value is -1.27. The highest BCUT2D eigenvalue weighted by Crippen LogP contribution is 2.34. The zero-order valence-electron chi connectivity index (χ0n) is 13.0. The van der Waals surface area contributed by atoms with E-state index in [-0.39, 0.29) is 0 Å². The van der Waals surface area contributed by atoms with E-state index in [1.165, 1.54) is 10.7 Å². The number of hydrogen-bond acceptors (Lipinski definition) is 4. The maximum Gasteiger partial charge on any atom is 0.244 e. The van der Waals surface area contributed by atoms with E-state index in [1.54, 1.807) is 26.2 Å². The smallest absolute Gasteiger partial charge is 0.244 e. The first kappa shape index (κ1) is 16.1. The van der Waals surface area contributed by atoms with Gasteiger partial charge in [0.2, 0.25) is 10.0 Å². The van der Waals surface area contributed by atoms with Crippen molar-refractivity contribution < 1.29 is 8.42 Å². The quantitative estimate of drug-likeness (QED) is 0.866. The molecule has 2 N–H and O–H groups in total. The van der Waals surface area contributed by atoms with Gasteiger partial charge in [0.15, 0.2) is 0 Å². The molecule has 1 aliphatic heterocycles. The van der Waals surface area contributed by atoms with E-state index in [0.29, 0.717) is 16.6 Å². The minimum absolute atomic E-state index is 0.313. The Labute approximate surface area is 127 Å². The zero-order chi connectivity index (χ0) is 15.6. The number of sulfonamides is 1. The molecule has 1 aromatic carbocycles. The Balaban J connectivity index is 2.53. The zero-order valence-corrected chi connectivity index (χ0v) is 13.9. The highest BCUT2D eigenvalue weighted by atomic mass is 32.2. The number of anilines is 2. The average molecular weight is 311 g/mol. The van der Waals surface area contributed by atoms with Gasteiger partial charge in [-0.1, -0.05) is 6.92 Å². The molecule has 0 spiro atoms. The van der Waals surface area contributed by atoms with E-state index < -0.39 is 10.0 Å². The van der Waals surface area contributed by atoms with Gasteiger partial charge in [-0.15, -0.1) is 0 Å². The van der Waals surface area contributed by atoms with Crippen LogP contribution in [0, 0.1) is 0 Å². The molecule has 5 nitrogen and oxygen atoms in total. The summed E-state index contributed by atoms with van der Waals surface area (Å²) in [5.41, 5.74) is 7.08. The van der Waals surface area contributed by atoms with Gasteiger partial charge in [0.25, 0.3) is 0 Å². The van der Waals surface area contributed by atoms with Crippen LogP contribution < -0.4 is 10.6 Å². The summed E-state index contributed by atoms with van der Waals surface area (Å²) < 4.78 is 26.4. The molecular weight excluding hydrogens is 286 g/mol. The van der Waals surface area contributed by atoms with Crippen LogP contribution in [0.15, 0.2) is 23.1 Å². The molecule has 1 aromatic rings. The minimum Gasteiger partial charge on any atom is -0.399 e. The summed E-state index contributed by atoms with van der Waals surface area (Å²) in [5, 5.41) is 0. The number of benzene rings is 1. The second-order valence-corrected chi connectivity index (χ2v) is 7.89. The van der Waals surface area contributed by atoms with Crippen LogP contribution >= 0.6 is 0 Å². The summed E-state index contributed by atoms with van der Waals surface area (Å²) in [4.78, 5) is 2.55. The van der Waals surface area contributed by atoms with Gasteiger partial charge in [-0.3, -0.25) is 0 Å². The van der Waals surface area contributed by atoms with E-state index in [2.05, 4.69) is 11.8 Å². The highest BCUT2D eigenvalue weighted by Gasteiger charge is 2.28. The number of nitrogen functional groups attached to an aromatic ring is 1. The molecule has 1 fully saturated rings. The largest absolute Gasteiger partial charge is 0.399 e. The molecule has 1 unspecified atom stereocenters. The summed E-state index contributed by atoms with van der Waals surface area (Å²) in [6, 6.07) is 5.61. The molecule has 1 saturated heterocycles. The van der Waals surface area contributed by atoms with Crippen molar-refractivity contribution in [3.05, 3.63) is 18.2 Å².